The molecule has 0 saturated carbocycles. The maximum atomic E-state index is 12.3. The summed E-state index contributed by atoms with van der Waals surface area (Å²) in [4.78, 5) is 22.6. The van der Waals surface area contributed by atoms with Crippen LogP contribution in [0.25, 0.3) is 0 Å². The number of nitro groups is 1. The van der Waals surface area contributed by atoms with Crippen LogP contribution in [0.15, 0.2) is 40.9 Å². The topological polar surface area (TPSA) is 112 Å². The van der Waals surface area contributed by atoms with Gasteiger partial charge >= 0.3 is 0 Å². The van der Waals surface area contributed by atoms with Crippen LogP contribution in [0.4, 0.5) is 5.69 Å². The third-order valence-electron chi connectivity index (χ3n) is 4.32. The molecule has 0 saturated heterocycles. The first-order valence-corrected chi connectivity index (χ1v) is 9.21. The van der Waals surface area contributed by atoms with Crippen molar-refractivity contribution in [3.63, 3.8) is 0 Å². The van der Waals surface area contributed by atoms with Crippen molar-refractivity contribution in [2.45, 2.75) is 33.5 Å². The van der Waals surface area contributed by atoms with Crippen molar-refractivity contribution in [3.05, 3.63) is 74.4 Å². The van der Waals surface area contributed by atoms with Gasteiger partial charge < -0.3 is 14.5 Å². The molecule has 3 aromatic rings. The first-order chi connectivity index (χ1) is 13.9. The quantitative estimate of drug-likeness (QED) is 0.439. The zero-order chi connectivity index (χ0) is 21.0. The van der Waals surface area contributed by atoms with Crippen LogP contribution in [0.2, 0.25) is 5.02 Å². The van der Waals surface area contributed by atoms with Crippen LogP contribution in [0.1, 0.15) is 34.5 Å². The van der Waals surface area contributed by atoms with Gasteiger partial charge in [-0.25, -0.2) is 0 Å². The maximum absolute atomic E-state index is 12.3. The normalized spacial score (nSPS) is 10.7. The van der Waals surface area contributed by atoms with Crippen LogP contribution in [0.3, 0.4) is 0 Å². The van der Waals surface area contributed by atoms with Gasteiger partial charge in [0, 0.05) is 30.4 Å². The number of ether oxygens (including phenoxy) is 1. The van der Waals surface area contributed by atoms with E-state index in [-0.39, 0.29) is 34.7 Å². The number of nitro benzene ring substituents is 1. The number of carbonyl (C=O) groups is 1. The van der Waals surface area contributed by atoms with Crippen LogP contribution < -0.4 is 10.1 Å². The average Bonchev–Trinajstić information content (AvgIpc) is 3.32. The average molecular weight is 419 g/mol. The van der Waals surface area contributed by atoms with E-state index in [4.69, 9.17) is 20.8 Å². The summed E-state index contributed by atoms with van der Waals surface area (Å²) in [7, 11) is 0. The van der Waals surface area contributed by atoms with Gasteiger partial charge in [0.25, 0.3) is 11.6 Å². The fourth-order valence-corrected chi connectivity index (χ4v) is 2.85. The van der Waals surface area contributed by atoms with Crippen molar-refractivity contribution in [1.29, 1.82) is 0 Å². The van der Waals surface area contributed by atoms with E-state index in [0.29, 0.717) is 12.3 Å². The minimum Gasteiger partial charge on any atom is -0.484 e. The molecule has 0 unspecified atom stereocenters. The number of halogens is 1. The van der Waals surface area contributed by atoms with Gasteiger partial charge in [0.05, 0.1) is 22.2 Å². The molecule has 0 spiro atoms. The van der Waals surface area contributed by atoms with Crippen LogP contribution >= 0.6 is 11.6 Å². The lowest BCUT2D eigenvalue weighted by atomic mass is 10.2. The number of nitrogens with one attached hydrogen (secondary N) is 1. The Morgan fingerprint density at radius 3 is 2.86 bits per heavy atom. The standard InChI is InChI=1S/C19H19ClN4O5/c1-3-23-12(2)13(10-22-23)9-21-19(25)17-7-5-15(29-17)11-28-18-8-14(24(26)27)4-6-16(18)20/h4-8,10H,3,9,11H2,1-2H3,(H,21,25). The Morgan fingerprint density at radius 2 is 2.17 bits per heavy atom. The number of nitrogens with zero attached hydrogens (tertiary/aromatic N) is 3. The molecule has 10 heteroatoms. The van der Waals surface area contributed by atoms with E-state index in [1.54, 1.807) is 12.3 Å². The molecule has 0 aliphatic carbocycles. The number of hydrogen-bond donors (Lipinski definition) is 1. The lowest BCUT2D eigenvalue weighted by Gasteiger charge is -2.06. The highest BCUT2D eigenvalue weighted by atomic mass is 35.5. The van der Waals surface area contributed by atoms with Crippen LogP contribution in [0, 0.1) is 17.0 Å². The number of non-ortho nitro benzene ring substituents is 1. The molecule has 0 atom stereocenters. The number of aryl methyl sites for hydroxylation is 1. The van der Waals surface area contributed by atoms with E-state index in [2.05, 4.69) is 10.4 Å². The van der Waals surface area contributed by atoms with Crippen LogP contribution in [-0.2, 0) is 19.7 Å². The van der Waals surface area contributed by atoms with Gasteiger partial charge in [-0.2, -0.15) is 5.10 Å². The lowest BCUT2D eigenvalue weighted by Crippen LogP contribution is -2.22. The number of hydrogen-bond acceptors (Lipinski definition) is 6. The summed E-state index contributed by atoms with van der Waals surface area (Å²) in [5, 5.41) is 18.1. The van der Waals surface area contributed by atoms with Crippen molar-refractivity contribution >= 4 is 23.2 Å². The van der Waals surface area contributed by atoms with Gasteiger partial charge in [-0.3, -0.25) is 19.6 Å². The zero-order valence-electron chi connectivity index (χ0n) is 15.8. The van der Waals surface area contributed by atoms with Crippen LogP contribution in [-0.4, -0.2) is 20.6 Å². The largest absolute Gasteiger partial charge is 0.484 e. The molecule has 29 heavy (non-hydrogen) atoms. The van der Waals surface area contributed by atoms with Crippen molar-refractivity contribution in [2.75, 3.05) is 0 Å². The smallest absolute Gasteiger partial charge is 0.287 e. The fourth-order valence-electron chi connectivity index (χ4n) is 2.68. The third-order valence-corrected chi connectivity index (χ3v) is 4.64. The summed E-state index contributed by atoms with van der Waals surface area (Å²) in [6.45, 7) is 5.00. The highest BCUT2D eigenvalue weighted by Crippen LogP contribution is 2.29. The maximum Gasteiger partial charge on any atom is 0.287 e. The van der Waals surface area contributed by atoms with Gasteiger partial charge in [-0.15, -0.1) is 0 Å². The Kier molecular flexibility index (Phi) is 6.18. The molecule has 2 heterocycles. The summed E-state index contributed by atoms with van der Waals surface area (Å²) in [5.74, 6) is 0.307. The number of furan rings is 1. The first kappa shape index (κ1) is 20.4. The van der Waals surface area contributed by atoms with Crippen molar-refractivity contribution in [3.8, 4) is 5.75 Å². The molecule has 0 aliphatic rings. The monoisotopic (exact) mass is 418 g/mol. The van der Waals surface area contributed by atoms with Gasteiger partial charge in [0.2, 0.25) is 0 Å². The van der Waals surface area contributed by atoms with E-state index in [1.807, 2.05) is 18.5 Å². The number of carbonyl (C=O) groups excluding carboxylic acids is 1. The number of benzene rings is 1. The minimum absolute atomic E-state index is 0.0312. The molecule has 3 rings (SSSR count). The molecule has 1 aromatic carbocycles. The van der Waals surface area contributed by atoms with Crippen molar-refractivity contribution in [2.24, 2.45) is 0 Å². The fraction of sp³-hybridized carbons (Fsp3) is 0.263. The molecule has 0 radical (unpaired) electrons. The second-order valence-corrected chi connectivity index (χ2v) is 6.59. The Balaban J connectivity index is 1.59. The number of amides is 1. The molecule has 0 bridgehead atoms. The lowest BCUT2D eigenvalue weighted by molar-refractivity contribution is -0.384. The van der Waals surface area contributed by atoms with Gasteiger partial charge in [0.15, 0.2) is 5.76 Å². The highest BCUT2D eigenvalue weighted by Gasteiger charge is 2.15. The van der Waals surface area contributed by atoms with E-state index >= 15 is 0 Å². The molecule has 152 valence electrons. The highest BCUT2D eigenvalue weighted by molar-refractivity contribution is 6.32. The Morgan fingerprint density at radius 1 is 1.38 bits per heavy atom. The van der Waals surface area contributed by atoms with Crippen molar-refractivity contribution < 1.29 is 18.9 Å². The van der Waals surface area contributed by atoms with E-state index in [9.17, 15) is 14.9 Å². The van der Waals surface area contributed by atoms with E-state index < -0.39 is 4.92 Å². The minimum atomic E-state index is -0.537. The summed E-state index contributed by atoms with van der Waals surface area (Å²) in [5.41, 5.74) is 1.79. The second-order valence-electron chi connectivity index (χ2n) is 6.18. The van der Waals surface area contributed by atoms with Gasteiger partial charge in [-0.05, 0) is 32.0 Å². The SMILES string of the molecule is CCn1ncc(CNC(=O)c2ccc(COc3cc([N+](=O)[O-])ccc3Cl)o2)c1C. The Bertz CT molecular complexity index is 1040. The molecular weight excluding hydrogens is 400 g/mol. The molecule has 2 aromatic heterocycles. The van der Waals surface area contributed by atoms with E-state index in [1.165, 1.54) is 24.3 Å². The third kappa shape index (κ3) is 4.75. The molecular formula is C19H19ClN4O5. The van der Waals surface area contributed by atoms with Crippen LogP contribution in [0.5, 0.6) is 5.75 Å². The molecule has 0 aliphatic heterocycles. The van der Waals surface area contributed by atoms with Gasteiger partial charge in [0.1, 0.15) is 18.1 Å². The Hall–Kier alpha value is -3.33. The summed E-state index contributed by atoms with van der Waals surface area (Å²) < 4.78 is 12.8. The van der Waals surface area contributed by atoms with E-state index in [0.717, 1.165) is 17.8 Å². The predicted molar refractivity (Wildman–Crippen MR) is 105 cm³/mol. The van der Waals surface area contributed by atoms with Gasteiger partial charge in [-0.1, -0.05) is 11.6 Å². The molecule has 9 nitrogen and oxygen atoms in total. The number of rotatable bonds is 8. The zero-order valence-corrected chi connectivity index (χ0v) is 16.6. The summed E-state index contributed by atoms with van der Waals surface area (Å²) >= 11 is 6.00. The van der Waals surface area contributed by atoms with Crippen molar-refractivity contribution in [1.82, 2.24) is 15.1 Å². The predicted octanol–water partition coefficient (Wildman–Crippen LogP) is 3.88. The summed E-state index contributed by atoms with van der Waals surface area (Å²) in [6.07, 6.45) is 1.73. The second kappa shape index (κ2) is 8.78. The molecule has 0 fully saturated rings. The number of aromatic nitrogens is 2. The first-order valence-electron chi connectivity index (χ1n) is 8.84. The molecule has 1 N–H and O–H groups in total. The Labute approximate surface area is 171 Å². The molecule has 1 amide bonds. The summed E-state index contributed by atoms with van der Waals surface area (Å²) in [6, 6.07) is 7.04.